The van der Waals surface area contributed by atoms with E-state index in [-0.39, 0.29) is 6.04 Å². The molecule has 0 fully saturated rings. The van der Waals surface area contributed by atoms with Gasteiger partial charge in [-0.2, -0.15) is 0 Å². The predicted molar refractivity (Wildman–Crippen MR) is 57.6 cm³/mol. The van der Waals surface area contributed by atoms with Crippen LogP contribution in [0.4, 0.5) is 8.78 Å². The van der Waals surface area contributed by atoms with Gasteiger partial charge in [0, 0.05) is 12.1 Å². The Bertz CT molecular complexity index is 303. The summed E-state index contributed by atoms with van der Waals surface area (Å²) in [7, 11) is 1.80. The van der Waals surface area contributed by atoms with Crippen molar-refractivity contribution in [3.05, 3.63) is 35.4 Å². The van der Waals surface area contributed by atoms with E-state index < -0.39 is 11.6 Å². The van der Waals surface area contributed by atoms with Crippen molar-refractivity contribution in [2.45, 2.75) is 26.3 Å². The van der Waals surface area contributed by atoms with Crippen molar-refractivity contribution in [3.63, 3.8) is 0 Å². The van der Waals surface area contributed by atoms with Crippen molar-refractivity contribution in [3.8, 4) is 0 Å². The molecule has 0 aromatic heterocycles. The van der Waals surface area contributed by atoms with Crippen LogP contribution in [0.2, 0.25) is 0 Å². The van der Waals surface area contributed by atoms with Crippen LogP contribution in [0.3, 0.4) is 0 Å². The molecule has 1 aromatic carbocycles. The van der Waals surface area contributed by atoms with E-state index in [9.17, 15) is 8.78 Å². The molecule has 0 saturated heterocycles. The maximum Gasteiger partial charge on any atom is 0.126 e. The molecule has 1 aromatic rings. The Morgan fingerprint density at radius 2 is 1.67 bits per heavy atom. The Labute approximate surface area is 89.5 Å². The third-order valence-electron chi connectivity index (χ3n) is 2.34. The highest BCUT2D eigenvalue weighted by molar-refractivity contribution is 5.21. The van der Waals surface area contributed by atoms with Gasteiger partial charge >= 0.3 is 0 Å². The number of hydrogen-bond acceptors (Lipinski definition) is 1. The lowest BCUT2D eigenvalue weighted by molar-refractivity contribution is 0.451. The fourth-order valence-corrected chi connectivity index (χ4v) is 1.67. The average Bonchev–Trinajstić information content (AvgIpc) is 2.12. The minimum absolute atomic E-state index is 0.00944. The average molecular weight is 213 g/mol. The third-order valence-corrected chi connectivity index (χ3v) is 2.34. The van der Waals surface area contributed by atoms with Crippen LogP contribution in [0.5, 0.6) is 0 Å². The van der Waals surface area contributed by atoms with Crippen molar-refractivity contribution in [1.29, 1.82) is 0 Å². The highest BCUT2D eigenvalue weighted by atomic mass is 19.1. The zero-order valence-corrected chi connectivity index (χ0v) is 9.35. The van der Waals surface area contributed by atoms with Gasteiger partial charge in [0.25, 0.3) is 0 Å². The quantitative estimate of drug-likeness (QED) is 0.809. The molecule has 0 bridgehead atoms. The van der Waals surface area contributed by atoms with Gasteiger partial charge in [-0.3, -0.25) is 0 Å². The predicted octanol–water partition coefficient (Wildman–Crippen LogP) is 3.27. The molecule has 1 rings (SSSR count). The minimum Gasteiger partial charge on any atom is -0.313 e. The lowest BCUT2D eigenvalue weighted by Crippen LogP contribution is -2.18. The van der Waals surface area contributed by atoms with E-state index in [1.807, 2.05) is 0 Å². The van der Waals surface area contributed by atoms with Crippen LogP contribution in [0, 0.1) is 17.6 Å². The molecule has 1 unspecified atom stereocenters. The summed E-state index contributed by atoms with van der Waals surface area (Å²) in [6.45, 7) is 4.17. The molecular weight excluding hydrogens is 196 g/mol. The number of nitrogens with one attached hydrogen (secondary N) is 1. The second-order valence-corrected chi connectivity index (χ2v) is 4.17. The van der Waals surface area contributed by atoms with Crippen LogP contribution in [-0.2, 0) is 0 Å². The Kier molecular flexibility index (Phi) is 4.21. The summed E-state index contributed by atoms with van der Waals surface area (Å²) in [5.74, 6) is -0.559. The molecule has 0 radical (unpaired) electrons. The summed E-state index contributed by atoms with van der Waals surface area (Å²) in [5, 5.41) is 3.07. The van der Waals surface area contributed by atoms with Gasteiger partial charge in [0.1, 0.15) is 11.6 Å². The zero-order chi connectivity index (χ0) is 11.4. The van der Waals surface area contributed by atoms with Crippen molar-refractivity contribution in [1.82, 2.24) is 5.32 Å². The first-order valence-electron chi connectivity index (χ1n) is 5.16. The summed E-state index contributed by atoms with van der Waals surface area (Å²) < 4.78 is 26.0. The summed E-state index contributed by atoms with van der Waals surface area (Å²) in [4.78, 5) is 0. The lowest BCUT2D eigenvalue weighted by atomic mass is 9.97. The topological polar surface area (TPSA) is 12.0 Å². The Balaban J connectivity index is 2.91. The fraction of sp³-hybridized carbons (Fsp3) is 0.500. The van der Waals surface area contributed by atoms with Gasteiger partial charge in [-0.25, -0.2) is 8.78 Å². The van der Waals surface area contributed by atoms with Gasteiger partial charge in [0.05, 0.1) is 0 Å². The van der Waals surface area contributed by atoms with E-state index >= 15 is 0 Å². The molecule has 0 aliphatic rings. The fourth-order valence-electron chi connectivity index (χ4n) is 1.67. The molecule has 1 N–H and O–H groups in total. The maximum atomic E-state index is 13.0. The summed E-state index contributed by atoms with van der Waals surface area (Å²) in [6.07, 6.45) is 0.861. The zero-order valence-electron chi connectivity index (χ0n) is 9.35. The van der Waals surface area contributed by atoms with E-state index in [0.29, 0.717) is 11.5 Å². The van der Waals surface area contributed by atoms with Crippen LogP contribution in [-0.4, -0.2) is 7.05 Å². The highest BCUT2D eigenvalue weighted by Gasteiger charge is 2.13. The van der Waals surface area contributed by atoms with Gasteiger partial charge in [-0.05, 0) is 37.1 Å². The van der Waals surface area contributed by atoms with Crippen molar-refractivity contribution in [2.75, 3.05) is 7.05 Å². The second-order valence-electron chi connectivity index (χ2n) is 4.17. The molecule has 0 saturated carbocycles. The van der Waals surface area contributed by atoms with E-state index in [1.54, 1.807) is 7.05 Å². The number of benzene rings is 1. The summed E-state index contributed by atoms with van der Waals surface area (Å²) in [5.41, 5.74) is 0.670. The standard InChI is InChI=1S/C12H17F2N/c1-8(2)4-12(15-3)9-5-10(13)7-11(14)6-9/h5-8,12,15H,4H2,1-3H3. The van der Waals surface area contributed by atoms with Crippen molar-refractivity contribution < 1.29 is 8.78 Å². The molecule has 84 valence electrons. The second kappa shape index (κ2) is 5.21. The monoisotopic (exact) mass is 213 g/mol. The van der Waals surface area contributed by atoms with Gasteiger partial charge in [-0.15, -0.1) is 0 Å². The van der Waals surface area contributed by atoms with E-state index in [2.05, 4.69) is 19.2 Å². The number of halogens is 2. The van der Waals surface area contributed by atoms with Gasteiger partial charge < -0.3 is 5.32 Å². The van der Waals surface area contributed by atoms with Crippen LogP contribution >= 0.6 is 0 Å². The molecule has 0 spiro atoms. The number of rotatable bonds is 4. The molecule has 0 amide bonds. The SMILES string of the molecule is CNC(CC(C)C)c1cc(F)cc(F)c1. The third kappa shape index (κ3) is 3.59. The van der Waals surface area contributed by atoms with Gasteiger partial charge in [0.15, 0.2) is 0 Å². The number of hydrogen-bond donors (Lipinski definition) is 1. The molecule has 0 heterocycles. The first kappa shape index (κ1) is 12.1. The van der Waals surface area contributed by atoms with E-state index in [1.165, 1.54) is 12.1 Å². The molecule has 1 atom stereocenters. The van der Waals surface area contributed by atoms with E-state index in [0.717, 1.165) is 12.5 Å². The minimum atomic E-state index is -0.519. The van der Waals surface area contributed by atoms with Crippen LogP contribution < -0.4 is 5.32 Å². The molecule has 1 nitrogen and oxygen atoms in total. The highest BCUT2D eigenvalue weighted by Crippen LogP contribution is 2.22. The Morgan fingerprint density at radius 3 is 2.07 bits per heavy atom. The van der Waals surface area contributed by atoms with Crippen LogP contribution in [0.15, 0.2) is 18.2 Å². The smallest absolute Gasteiger partial charge is 0.126 e. The summed E-state index contributed by atoms with van der Waals surface area (Å²) in [6, 6.07) is 3.67. The largest absolute Gasteiger partial charge is 0.313 e. The molecule has 15 heavy (non-hydrogen) atoms. The molecular formula is C12H17F2N. The maximum absolute atomic E-state index is 13.0. The van der Waals surface area contributed by atoms with Crippen LogP contribution in [0.25, 0.3) is 0 Å². The first-order valence-corrected chi connectivity index (χ1v) is 5.16. The van der Waals surface area contributed by atoms with Crippen molar-refractivity contribution >= 4 is 0 Å². The molecule has 0 aliphatic heterocycles. The molecule has 0 aliphatic carbocycles. The normalized spacial score (nSPS) is 13.2. The summed E-state index contributed by atoms with van der Waals surface area (Å²) >= 11 is 0. The Hall–Kier alpha value is -0.960. The van der Waals surface area contributed by atoms with Gasteiger partial charge in [0.2, 0.25) is 0 Å². The molecule has 3 heteroatoms. The first-order chi connectivity index (χ1) is 7.02. The van der Waals surface area contributed by atoms with Crippen LogP contribution in [0.1, 0.15) is 31.9 Å². The van der Waals surface area contributed by atoms with Gasteiger partial charge in [-0.1, -0.05) is 13.8 Å². The Morgan fingerprint density at radius 1 is 1.13 bits per heavy atom. The van der Waals surface area contributed by atoms with Crippen molar-refractivity contribution in [2.24, 2.45) is 5.92 Å². The van der Waals surface area contributed by atoms with E-state index in [4.69, 9.17) is 0 Å². The lowest BCUT2D eigenvalue weighted by Gasteiger charge is -2.18.